The average molecular weight is 463 g/mol. The van der Waals surface area contributed by atoms with Crippen molar-refractivity contribution in [2.24, 2.45) is 0 Å². The van der Waals surface area contributed by atoms with Gasteiger partial charge in [-0.3, -0.25) is 9.10 Å². The maximum atomic E-state index is 13.2. The Labute approximate surface area is 165 Å². The van der Waals surface area contributed by atoms with Crippen molar-refractivity contribution in [2.45, 2.75) is 17.9 Å². The van der Waals surface area contributed by atoms with Crippen molar-refractivity contribution in [3.8, 4) is 11.5 Å². The fraction of sp³-hybridized carbons (Fsp3) is 0.235. The van der Waals surface area contributed by atoms with Crippen molar-refractivity contribution in [2.75, 3.05) is 18.5 Å². The molecule has 0 saturated carbocycles. The molecule has 0 spiro atoms. The van der Waals surface area contributed by atoms with E-state index in [2.05, 4.69) is 15.9 Å². The largest absolute Gasteiger partial charge is 0.497 e. The van der Waals surface area contributed by atoms with Crippen molar-refractivity contribution >= 4 is 48.5 Å². The van der Waals surface area contributed by atoms with Gasteiger partial charge in [0.15, 0.2) is 0 Å². The lowest BCUT2D eigenvalue weighted by molar-refractivity contribution is -0.112. The predicted octanol–water partition coefficient (Wildman–Crippen LogP) is 3.82. The van der Waals surface area contributed by atoms with Gasteiger partial charge in [-0.05, 0) is 54.9 Å². The van der Waals surface area contributed by atoms with Crippen LogP contribution in [0.1, 0.15) is 6.92 Å². The number of anilines is 1. The van der Waals surface area contributed by atoms with Crippen LogP contribution in [0.25, 0.3) is 0 Å². The monoisotopic (exact) mass is 461 g/mol. The fourth-order valence-electron chi connectivity index (χ4n) is 2.33. The predicted molar refractivity (Wildman–Crippen MR) is 104 cm³/mol. The van der Waals surface area contributed by atoms with E-state index in [-0.39, 0.29) is 16.3 Å². The number of rotatable bonds is 7. The van der Waals surface area contributed by atoms with Crippen LogP contribution < -0.4 is 13.8 Å². The summed E-state index contributed by atoms with van der Waals surface area (Å²) in [7, 11) is -1.20. The summed E-state index contributed by atoms with van der Waals surface area (Å²) in [5.74, 6) is 0.714. The summed E-state index contributed by atoms with van der Waals surface area (Å²) in [5, 5.41) is -0.816. The zero-order valence-electron chi connectivity index (χ0n) is 14.3. The number of sulfonamides is 1. The minimum Gasteiger partial charge on any atom is -0.497 e. The SMILES string of the molecule is COc1ccc(N(C(C)C(=O)Cl)S(=O)(=O)c2ccc(Br)cc2)c(OC)c1. The number of benzene rings is 2. The van der Waals surface area contributed by atoms with Gasteiger partial charge in [0.2, 0.25) is 5.24 Å². The lowest BCUT2D eigenvalue weighted by Crippen LogP contribution is -2.42. The highest BCUT2D eigenvalue weighted by Crippen LogP contribution is 2.37. The molecule has 0 bridgehead atoms. The molecule has 0 amide bonds. The number of carbonyl (C=O) groups excluding carboxylic acids is 1. The minimum atomic E-state index is -4.08. The average Bonchev–Trinajstić information content (AvgIpc) is 2.62. The van der Waals surface area contributed by atoms with Crippen LogP contribution in [0.3, 0.4) is 0 Å². The Morgan fingerprint density at radius 1 is 1.12 bits per heavy atom. The van der Waals surface area contributed by atoms with Gasteiger partial charge in [0.05, 0.1) is 24.8 Å². The highest BCUT2D eigenvalue weighted by molar-refractivity contribution is 9.10. The zero-order chi connectivity index (χ0) is 19.5. The van der Waals surface area contributed by atoms with E-state index in [0.717, 1.165) is 8.78 Å². The van der Waals surface area contributed by atoms with Crippen molar-refractivity contribution in [3.63, 3.8) is 0 Å². The van der Waals surface area contributed by atoms with Gasteiger partial charge in [0.1, 0.15) is 17.5 Å². The molecule has 0 aliphatic rings. The highest BCUT2D eigenvalue weighted by atomic mass is 79.9. The molecular formula is C17H17BrClNO5S. The van der Waals surface area contributed by atoms with Crippen molar-refractivity contribution in [1.29, 1.82) is 0 Å². The van der Waals surface area contributed by atoms with E-state index in [1.807, 2.05) is 0 Å². The van der Waals surface area contributed by atoms with Gasteiger partial charge in [-0.2, -0.15) is 0 Å². The number of nitrogens with zero attached hydrogens (tertiary/aromatic N) is 1. The molecule has 2 aromatic rings. The molecule has 2 rings (SSSR count). The van der Waals surface area contributed by atoms with Crippen LogP contribution in [0.2, 0.25) is 0 Å². The van der Waals surface area contributed by atoms with E-state index in [1.54, 1.807) is 18.2 Å². The normalized spacial score (nSPS) is 12.3. The summed E-state index contributed by atoms with van der Waals surface area (Å²) in [6.07, 6.45) is 0. The number of carbonyl (C=O) groups is 1. The van der Waals surface area contributed by atoms with Gasteiger partial charge in [-0.1, -0.05) is 15.9 Å². The van der Waals surface area contributed by atoms with Crippen LogP contribution in [0.4, 0.5) is 5.69 Å². The second kappa shape index (κ2) is 8.28. The van der Waals surface area contributed by atoms with Gasteiger partial charge in [-0.15, -0.1) is 0 Å². The van der Waals surface area contributed by atoms with Crippen LogP contribution >= 0.6 is 27.5 Å². The quantitative estimate of drug-likeness (QED) is 0.585. The smallest absolute Gasteiger partial charge is 0.265 e. The maximum absolute atomic E-state index is 13.2. The third-order valence-electron chi connectivity index (χ3n) is 3.67. The van der Waals surface area contributed by atoms with Crippen LogP contribution in [0, 0.1) is 0 Å². The van der Waals surface area contributed by atoms with Gasteiger partial charge in [0.25, 0.3) is 10.0 Å². The third kappa shape index (κ3) is 4.13. The second-order valence-electron chi connectivity index (χ2n) is 5.27. The van der Waals surface area contributed by atoms with E-state index in [4.69, 9.17) is 21.1 Å². The molecule has 0 aromatic heterocycles. The lowest BCUT2D eigenvalue weighted by Gasteiger charge is -2.29. The Bertz CT molecular complexity index is 902. The minimum absolute atomic E-state index is 0.0170. The van der Waals surface area contributed by atoms with E-state index in [1.165, 1.54) is 45.4 Å². The number of halogens is 2. The Balaban J connectivity index is 2.68. The molecule has 0 saturated heterocycles. The molecule has 0 aliphatic heterocycles. The Kier molecular flexibility index (Phi) is 6.54. The molecule has 1 atom stereocenters. The number of hydrogen-bond donors (Lipinski definition) is 0. The second-order valence-corrected chi connectivity index (χ2v) is 8.38. The number of hydrogen-bond acceptors (Lipinski definition) is 5. The van der Waals surface area contributed by atoms with Gasteiger partial charge < -0.3 is 9.47 Å². The molecule has 0 fully saturated rings. The van der Waals surface area contributed by atoms with E-state index in [0.29, 0.717) is 5.75 Å². The summed E-state index contributed by atoms with van der Waals surface area (Å²) >= 11 is 8.90. The Hall–Kier alpha value is -1.77. The first-order valence-electron chi connectivity index (χ1n) is 7.43. The lowest BCUT2D eigenvalue weighted by atomic mass is 10.2. The molecule has 26 heavy (non-hydrogen) atoms. The third-order valence-corrected chi connectivity index (χ3v) is 6.42. The van der Waals surface area contributed by atoms with Crippen molar-refractivity contribution in [3.05, 3.63) is 46.9 Å². The highest BCUT2D eigenvalue weighted by Gasteiger charge is 2.34. The first-order chi connectivity index (χ1) is 12.2. The molecule has 6 nitrogen and oxygen atoms in total. The first-order valence-corrected chi connectivity index (χ1v) is 10.0. The molecule has 2 aromatic carbocycles. The number of methoxy groups -OCH3 is 2. The maximum Gasteiger partial charge on any atom is 0.265 e. The van der Waals surface area contributed by atoms with Crippen LogP contribution in [-0.2, 0) is 14.8 Å². The summed E-state index contributed by atoms with van der Waals surface area (Å²) in [4.78, 5) is 11.8. The molecule has 0 N–H and O–H groups in total. The topological polar surface area (TPSA) is 72.9 Å². The standard InChI is InChI=1S/C17H17BrClNO5S/c1-11(17(19)21)20(15-9-6-13(24-2)10-16(15)25-3)26(22,23)14-7-4-12(18)5-8-14/h4-11H,1-3H3. The molecule has 9 heteroatoms. The molecule has 0 aliphatic carbocycles. The fourth-order valence-corrected chi connectivity index (χ4v) is 4.37. The molecular weight excluding hydrogens is 446 g/mol. The van der Waals surface area contributed by atoms with Gasteiger partial charge in [-0.25, -0.2) is 8.42 Å². The van der Waals surface area contributed by atoms with Crippen molar-refractivity contribution < 1.29 is 22.7 Å². The molecule has 140 valence electrons. The van der Waals surface area contributed by atoms with Gasteiger partial charge in [0, 0.05) is 10.5 Å². The Morgan fingerprint density at radius 3 is 2.23 bits per heavy atom. The van der Waals surface area contributed by atoms with E-state index < -0.39 is 21.3 Å². The van der Waals surface area contributed by atoms with E-state index in [9.17, 15) is 13.2 Å². The molecule has 1 unspecified atom stereocenters. The summed E-state index contributed by atoms with van der Waals surface area (Å²) in [6, 6.07) is 9.55. The summed E-state index contributed by atoms with van der Waals surface area (Å²) in [6.45, 7) is 1.41. The first kappa shape index (κ1) is 20.5. The van der Waals surface area contributed by atoms with Crippen LogP contribution in [0.15, 0.2) is 51.8 Å². The molecule has 0 radical (unpaired) electrons. The summed E-state index contributed by atoms with van der Waals surface area (Å²) < 4.78 is 38.6. The summed E-state index contributed by atoms with van der Waals surface area (Å²) in [5.41, 5.74) is 0.178. The number of ether oxygens (including phenoxy) is 2. The van der Waals surface area contributed by atoms with Crippen LogP contribution in [0.5, 0.6) is 11.5 Å². The molecule has 0 heterocycles. The van der Waals surface area contributed by atoms with E-state index >= 15 is 0 Å². The van der Waals surface area contributed by atoms with Crippen molar-refractivity contribution in [1.82, 2.24) is 0 Å². The zero-order valence-corrected chi connectivity index (χ0v) is 17.4. The van der Waals surface area contributed by atoms with Gasteiger partial charge >= 0.3 is 0 Å². The van der Waals surface area contributed by atoms with Crippen LogP contribution in [-0.4, -0.2) is 33.9 Å². The Morgan fingerprint density at radius 2 is 1.73 bits per heavy atom.